The summed E-state index contributed by atoms with van der Waals surface area (Å²) in [5.41, 5.74) is 1.27. The first-order chi connectivity index (χ1) is 16.3. The van der Waals surface area contributed by atoms with Crippen LogP contribution >= 0.6 is 34.5 Å². The van der Waals surface area contributed by atoms with Crippen LogP contribution in [0.15, 0.2) is 41.4 Å². The molecule has 8 nitrogen and oxygen atoms in total. The molecule has 0 fully saturated rings. The van der Waals surface area contributed by atoms with E-state index in [1.165, 1.54) is 0 Å². The Morgan fingerprint density at radius 2 is 1.94 bits per heavy atom. The van der Waals surface area contributed by atoms with Crippen molar-refractivity contribution in [3.8, 4) is 5.88 Å². The van der Waals surface area contributed by atoms with E-state index in [0.717, 1.165) is 24.4 Å². The number of aromatic hydroxyl groups is 1. The highest BCUT2D eigenvalue weighted by Crippen LogP contribution is 2.38. The topological polar surface area (TPSA) is 107 Å². The number of nitrogens with zero attached hydrogens (tertiary/aromatic N) is 3. The van der Waals surface area contributed by atoms with Gasteiger partial charge in [0.05, 0.1) is 33.2 Å². The Balaban J connectivity index is 1.67. The summed E-state index contributed by atoms with van der Waals surface area (Å²) in [5, 5.41) is 18.4. The van der Waals surface area contributed by atoms with Crippen LogP contribution in [0.1, 0.15) is 18.7 Å². The van der Waals surface area contributed by atoms with E-state index in [0.29, 0.717) is 37.1 Å². The van der Waals surface area contributed by atoms with Gasteiger partial charge >= 0.3 is 0 Å². The van der Waals surface area contributed by atoms with Crippen LogP contribution in [-0.4, -0.2) is 46.4 Å². The van der Waals surface area contributed by atoms with Crippen molar-refractivity contribution in [3.05, 3.63) is 61.9 Å². The molecule has 0 radical (unpaired) electrons. The lowest BCUT2D eigenvalue weighted by atomic mass is 10.1. The van der Waals surface area contributed by atoms with Crippen LogP contribution in [0.4, 0.5) is 16.5 Å². The van der Waals surface area contributed by atoms with Gasteiger partial charge in [0.25, 0.3) is 5.91 Å². The molecular weight excluding hydrogens is 497 g/mol. The SMILES string of the molecule is CCN(CC)CC(=O)Nc1ccc2c(c1)=C(c1sc(Nc3cccc(Cl)c3Cl)nc1O)C(=O)N=2. The Bertz CT molecular complexity index is 1400. The molecule has 1 aromatic heterocycles. The Morgan fingerprint density at radius 1 is 1.18 bits per heavy atom. The molecule has 1 aliphatic rings. The molecule has 3 aromatic rings. The Morgan fingerprint density at radius 3 is 2.68 bits per heavy atom. The molecule has 1 aliphatic heterocycles. The number of aromatic nitrogens is 1. The van der Waals surface area contributed by atoms with Crippen LogP contribution in [0, 0.1) is 0 Å². The molecule has 176 valence electrons. The highest BCUT2D eigenvalue weighted by atomic mass is 35.5. The maximum absolute atomic E-state index is 12.7. The Kier molecular flexibility index (Phi) is 7.18. The van der Waals surface area contributed by atoms with Crippen LogP contribution in [0.2, 0.25) is 10.0 Å². The zero-order valence-corrected chi connectivity index (χ0v) is 20.7. The monoisotopic (exact) mass is 517 g/mol. The molecule has 11 heteroatoms. The maximum atomic E-state index is 12.7. The fraction of sp³-hybridized carbons (Fsp3) is 0.217. The number of anilines is 3. The highest BCUT2D eigenvalue weighted by molar-refractivity contribution is 7.17. The van der Waals surface area contributed by atoms with Gasteiger partial charge in [0.1, 0.15) is 4.88 Å². The summed E-state index contributed by atoms with van der Waals surface area (Å²) in [4.78, 5) is 35.6. The van der Waals surface area contributed by atoms with E-state index in [1.54, 1.807) is 36.4 Å². The molecule has 2 aromatic carbocycles. The van der Waals surface area contributed by atoms with Gasteiger partial charge in [-0.05, 0) is 43.4 Å². The number of carbonyl (C=O) groups is 2. The third-order valence-electron chi connectivity index (χ3n) is 5.28. The van der Waals surface area contributed by atoms with E-state index in [2.05, 4.69) is 20.6 Å². The summed E-state index contributed by atoms with van der Waals surface area (Å²) in [6.45, 7) is 5.78. The van der Waals surface area contributed by atoms with Gasteiger partial charge in [-0.15, -0.1) is 0 Å². The highest BCUT2D eigenvalue weighted by Gasteiger charge is 2.25. The first-order valence-corrected chi connectivity index (χ1v) is 12.1. The standard InChI is InChI=1S/C23H21Cl2N5O3S/c1-3-30(4-2)11-17(31)26-12-8-9-15-13(10-12)18(21(32)27-15)20-22(33)29-23(34-20)28-16-7-5-6-14(24)19(16)25/h5-10,33H,3-4,11H2,1-2H3,(H,26,31)(H,28,29). The molecule has 0 saturated heterocycles. The number of rotatable bonds is 8. The summed E-state index contributed by atoms with van der Waals surface area (Å²) in [6, 6.07) is 10.1. The summed E-state index contributed by atoms with van der Waals surface area (Å²) >= 11 is 13.4. The lowest BCUT2D eigenvalue weighted by Crippen LogP contribution is -2.33. The second-order valence-electron chi connectivity index (χ2n) is 7.43. The molecule has 0 unspecified atom stereocenters. The van der Waals surface area contributed by atoms with Crippen molar-refractivity contribution in [3.63, 3.8) is 0 Å². The molecule has 0 spiro atoms. The van der Waals surface area contributed by atoms with Gasteiger partial charge in [-0.25, -0.2) is 4.99 Å². The average Bonchev–Trinajstić information content (AvgIpc) is 3.32. The Hall–Kier alpha value is -2.98. The van der Waals surface area contributed by atoms with Crippen molar-refractivity contribution in [2.24, 2.45) is 4.99 Å². The van der Waals surface area contributed by atoms with Crippen LogP contribution in [0.25, 0.3) is 5.57 Å². The fourth-order valence-corrected chi connectivity index (χ4v) is 4.78. The van der Waals surface area contributed by atoms with Gasteiger partial charge in [-0.3, -0.25) is 14.5 Å². The van der Waals surface area contributed by atoms with Gasteiger partial charge in [-0.2, -0.15) is 4.98 Å². The molecule has 4 rings (SSSR count). The van der Waals surface area contributed by atoms with Gasteiger partial charge in [0.15, 0.2) is 5.13 Å². The quantitative estimate of drug-likeness (QED) is 0.421. The van der Waals surface area contributed by atoms with Crippen molar-refractivity contribution in [1.82, 2.24) is 9.88 Å². The van der Waals surface area contributed by atoms with Gasteiger partial charge in [0.2, 0.25) is 11.8 Å². The molecule has 2 heterocycles. The predicted octanol–water partition coefficient (Wildman–Crippen LogP) is 3.54. The number of thiazole rings is 1. The number of hydrogen-bond donors (Lipinski definition) is 3. The maximum Gasteiger partial charge on any atom is 0.279 e. The molecule has 0 atom stereocenters. The molecular formula is C23H21Cl2N5O3S. The molecule has 3 N–H and O–H groups in total. The van der Waals surface area contributed by atoms with E-state index in [1.807, 2.05) is 18.7 Å². The van der Waals surface area contributed by atoms with Crippen LogP contribution in [-0.2, 0) is 9.59 Å². The van der Waals surface area contributed by atoms with E-state index in [4.69, 9.17) is 23.2 Å². The van der Waals surface area contributed by atoms with E-state index < -0.39 is 5.91 Å². The molecule has 0 saturated carbocycles. The van der Waals surface area contributed by atoms with Gasteiger partial charge in [0, 0.05) is 10.9 Å². The third kappa shape index (κ3) is 4.92. The first kappa shape index (κ1) is 24.2. The van der Waals surface area contributed by atoms with Gasteiger partial charge in [-0.1, -0.05) is 54.5 Å². The molecule has 0 bridgehead atoms. The summed E-state index contributed by atoms with van der Waals surface area (Å²) in [6.07, 6.45) is 0. The molecule has 0 aliphatic carbocycles. The first-order valence-electron chi connectivity index (χ1n) is 10.5. The van der Waals surface area contributed by atoms with Gasteiger partial charge < -0.3 is 15.7 Å². The number of halogens is 2. The number of hydrogen-bond acceptors (Lipinski definition) is 7. The second kappa shape index (κ2) is 10.1. The van der Waals surface area contributed by atoms with Crippen molar-refractivity contribution in [2.75, 3.05) is 30.3 Å². The zero-order valence-electron chi connectivity index (χ0n) is 18.4. The van der Waals surface area contributed by atoms with Crippen molar-refractivity contribution in [2.45, 2.75) is 13.8 Å². The minimum atomic E-state index is -0.493. The number of nitrogens with one attached hydrogen (secondary N) is 2. The number of fused-ring (bicyclic) bond motifs is 1. The number of likely N-dealkylation sites (N-methyl/N-ethyl adjacent to an activating group) is 1. The molecule has 34 heavy (non-hydrogen) atoms. The van der Waals surface area contributed by atoms with E-state index >= 15 is 0 Å². The second-order valence-corrected chi connectivity index (χ2v) is 9.22. The minimum Gasteiger partial charge on any atom is -0.492 e. The minimum absolute atomic E-state index is 0.156. The lowest BCUT2D eigenvalue weighted by molar-refractivity contribution is -0.117. The number of benzene rings is 2. The predicted molar refractivity (Wildman–Crippen MR) is 135 cm³/mol. The average molecular weight is 518 g/mol. The number of carbonyl (C=O) groups excluding carboxylic acids is 2. The fourth-order valence-electron chi connectivity index (χ4n) is 3.51. The summed E-state index contributed by atoms with van der Waals surface area (Å²) in [7, 11) is 0. The summed E-state index contributed by atoms with van der Waals surface area (Å²) in [5.74, 6) is -0.960. The van der Waals surface area contributed by atoms with Crippen LogP contribution < -0.4 is 21.2 Å². The summed E-state index contributed by atoms with van der Waals surface area (Å²) < 4.78 is 0. The van der Waals surface area contributed by atoms with Crippen molar-refractivity contribution < 1.29 is 14.7 Å². The van der Waals surface area contributed by atoms with Crippen LogP contribution in [0.3, 0.4) is 0 Å². The van der Waals surface area contributed by atoms with Crippen molar-refractivity contribution >= 4 is 68.4 Å². The zero-order chi connectivity index (χ0) is 24.4. The number of amides is 2. The van der Waals surface area contributed by atoms with E-state index in [9.17, 15) is 14.7 Å². The normalized spacial score (nSPS) is 12.6. The Labute approximate surface area is 209 Å². The van der Waals surface area contributed by atoms with E-state index in [-0.39, 0.29) is 28.8 Å². The third-order valence-corrected chi connectivity index (χ3v) is 7.07. The van der Waals surface area contributed by atoms with Crippen molar-refractivity contribution in [1.29, 1.82) is 0 Å². The largest absolute Gasteiger partial charge is 0.492 e. The lowest BCUT2D eigenvalue weighted by Gasteiger charge is -2.17. The molecule has 2 amide bonds. The van der Waals surface area contributed by atoms with Crippen LogP contribution in [0.5, 0.6) is 5.88 Å². The smallest absolute Gasteiger partial charge is 0.279 e.